The second kappa shape index (κ2) is 7.77. The maximum absolute atomic E-state index is 9.41. The molecule has 0 saturated heterocycles. The Morgan fingerprint density at radius 3 is 2.70 bits per heavy atom. The zero-order valence-electron chi connectivity index (χ0n) is 12.5. The Kier molecular flexibility index (Phi) is 6.02. The summed E-state index contributed by atoms with van der Waals surface area (Å²) in [4.78, 5) is 0. The Labute approximate surface area is 122 Å². The van der Waals surface area contributed by atoms with Crippen LogP contribution in [-0.2, 0) is 0 Å². The number of rotatable bonds is 7. The molecule has 112 valence electrons. The zero-order valence-corrected chi connectivity index (χ0v) is 12.5. The fraction of sp³-hybridized carbons (Fsp3) is 0.647. The summed E-state index contributed by atoms with van der Waals surface area (Å²) in [5.41, 5.74) is 7.31. The first-order valence-corrected chi connectivity index (χ1v) is 7.86. The first-order chi connectivity index (χ1) is 9.74. The molecule has 0 heterocycles. The van der Waals surface area contributed by atoms with Gasteiger partial charge in [0.05, 0.1) is 0 Å². The molecular weight excluding hydrogens is 248 g/mol. The van der Waals surface area contributed by atoms with Crippen LogP contribution >= 0.6 is 0 Å². The minimum absolute atomic E-state index is 0.295. The third kappa shape index (κ3) is 4.05. The number of nitrogens with one attached hydrogen (secondary N) is 1. The highest BCUT2D eigenvalue weighted by Crippen LogP contribution is 2.27. The lowest BCUT2D eigenvalue weighted by molar-refractivity contribution is 0.197. The van der Waals surface area contributed by atoms with E-state index < -0.39 is 0 Å². The third-order valence-corrected chi connectivity index (χ3v) is 4.63. The maximum atomic E-state index is 9.41. The maximum Gasteiger partial charge on any atom is 0.0474 e. The normalized spacial score (nSPS) is 25.6. The van der Waals surface area contributed by atoms with Crippen LogP contribution in [0.15, 0.2) is 30.3 Å². The van der Waals surface area contributed by atoms with Crippen molar-refractivity contribution in [1.29, 1.82) is 0 Å². The van der Waals surface area contributed by atoms with Gasteiger partial charge < -0.3 is 16.2 Å². The molecule has 1 aromatic rings. The fourth-order valence-electron chi connectivity index (χ4n) is 3.35. The van der Waals surface area contributed by atoms with Crippen LogP contribution in [0, 0.1) is 5.92 Å². The second-order valence-corrected chi connectivity index (χ2v) is 6.13. The van der Waals surface area contributed by atoms with Crippen molar-refractivity contribution >= 4 is 0 Å². The second-order valence-electron chi connectivity index (χ2n) is 6.13. The average Bonchev–Trinajstić information content (AvgIpc) is 2.94. The van der Waals surface area contributed by atoms with Gasteiger partial charge in [0.2, 0.25) is 0 Å². The molecule has 20 heavy (non-hydrogen) atoms. The molecule has 1 aliphatic rings. The average molecular weight is 276 g/mol. The molecule has 0 spiro atoms. The van der Waals surface area contributed by atoms with E-state index in [2.05, 4.69) is 42.6 Å². The van der Waals surface area contributed by atoms with Crippen LogP contribution in [0.5, 0.6) is 0 Å². The number of nitrogens with two attached hydrogens (primary N) is 1. The van der Waals surface area contributed by atoms with E-state index in [4.69, 9.17) is 5.73 Å². The van der Waals surface area contributed by atoms with Crippen molar-refractivity contribution in [3.05, 3.63) is 35.9 Å². The number of hydrogen-bond acceptors (Lipinski definition) is 3. The standard InChI is InChI=1S/C17H28N2O/c1-13(14-6-3-2-4-7-14)10-16(11-18)19-17-9-5-8-15(17)12-20/h2-4,6-7,13,15-17,19-20H,5,8-12,18H2,1H3. The van der Waals surface area contributed by atoms with Gasteiger partial charge in [-0.15, -0.1) is 0 Å². The van der Waals surface area contributed by atoms with E-state index in [0.717, 1.165) is 12.8 Å². The molecule has 1 aromatic carbocycles. The van der Waals surface area contributed by atoms with Gasteiger partial charge in [0.15, 0.2) is 0 Å². The number of aliphatic hydroxyl groups excluding tert-OH is 1. The molecular formula is C17H28N2O. The predicted octanol–water partition coefficient (Wildman–Crippen LogP) is 2.26. The molecule has 4 N–H and O–H groups in total. The molecule has 1 fully saturated rings. The van der Waals surface area contributed by atoms with Crippen LogP contribution in [0.25, 0.3) is 0 Å². The van der Waals surface area contributed by atoms with E-state index in [1.165, 1.54) is 18.4 Å². The summed E-state index contributed by atoms with van der Waals surface area (Å²) in [5.74, 6) is 0.919. The highest BCUT2D eigenvalue weighted by atomic mass is 16.3. The minimum Gasteiger partial charge on any atom is -0.396 e. The Hall–Kier alpha value is -0.900. The van der Waals surface area contributed by atoms with Gasteiger partial charge in [0, 0.05) is 25.2 Å². The van der Waals surface area contributed by atoms with Crippen molar-refractivity contribution in [3.63, 3.8) is 0 Å². The Morgan fingerprint density at radius 2 is 2.05 bits per heavy atom. The van der Waals surface area contributed by atoms with Gasteiger partial charge in [0.1, 0.15) is 0 Å². The molecule has 1 aliphatic carbocycles. The van der Waals surface area contributed by atoms with Crippen molar-refractivity contribution in [2.24, 2.45) is 11.7 Å². The van der Waals surface area contributed by atoms with Crippen molar-refractivity contribution in [2.75, 3.05) is 13.2 Å². The molecule has 0 radical (unpaired) electrons. The monoisotopic (exact) mass is 276 g/mol. The molecule has 2 rings (SSSR count). The van der Waals surface area contributed by atoms with E-state index in [-0.39, 0.29) is 0 Å². The Morgan fingerprint density at radius 1 is 1.30 bits per heavy atom. The van der Waals surface area contributed by atoms with Gasteiger partial charge in [0.25, 0.3) is 0 Å². The molecule has 4 unspecified atom stereocenters. The summed E-state index contributed by atoms with van der Waals surface area (Å²) < 4.78 is 0. The number of hydrogen-bond donors (Lipinski definition) is 3. The van der Waals surface area contributed by atoms with E-state index in [1.54, 1.807) is 0 Å². The van der Waals surface area contributed by atoms with Gasteiger partial charge in [-0.05, 0) is 36.7 Å². The third-order valence-electron chi connectivity index (χ3n) is 4.63. The van der Waals surface area contributed by atoms with Crippen molar-refractivity contribution in [1.82, 2.24) is 5.32 Å². The largest absolute Gasteiger partial charge is 0.396 e. The minimum atomic E-state index is 0.295. The molecule has 0 aliphatic heterocycles. The molecule has 0 aromatic heterocycles. The van der Waals surface area contributed by atoms with Gasteiger partial charge in [-0.3, -0.25) is 0 Å². The van der Waals surface area contributed by atoms with Gasteiger partial charge in [-0.2, -0.15) is 0 Å². The fourth-order valence-corrected chi connectivity index (χ4v) is 3.35. The summed E-state index contributed by atoms with van der Waals surface area (Å²) in [5, 5.41) is 13.1. The first-order valence-electron chi connectivity index (χ1n) is 7.86. The number of aliphatic hydroxyl groups is 1. The molecule has 3 heteroatoms. The summed E-state index contributed by atoms with van der Waals surface area (Å²) in [6.07, 6.45) is 4.57. The number of benzene rings is 1. The highest BCUT2D eigenvalue weighted by molar-refractivity contribution is 5.19. The highest BCUT2D eigenvalue weighted by Gasteiger charge is 2.28. The Bertz CT molecular complexity index is 382. The van der Waals surface area contributed by atoms with E-state index in [0.29, 0.717) is 37.1 Å². The van der Waals surface area contributed by atoms with E-state index >= 15 is 0 Å². The van der Waals surface area contributed by atoms with Crippen LogP contribution in [-0.4, -0.2) is 30.3 Å². The lowest BCUT2D eigenvalue weighted by atomic mass is 9.93. The predicted molar refractivity (Wildman–Crippen MR) is 83.7 cm³/mol. The van der Waals surface area contributed by atoms with Crippen molar-refractivity contribution < 1.29 is 5.11 Å². The van der Waals surface area contributed by atoms with Crippen molar-refractivity contribution in [2.45, 2.75) is 50.6 Å². The van der Waals surface area contributed by atoms with Crippen LogP contribution in [0.1, 0.15) is 44.1 Å². The Balaban J connectivity index is 1.89. The van der Waals surface area contributed by atoms with Crippen LogP contribution in [0.2, 0.25) is 0 Å². The SMILES string of the molecule is CC(CC(CN)NC1CCCC1CO)c1ccccc1. The summed E-state index contributed by atoms with van der Waals surface area (Å²) in [6.45, 7) is 3.22. The topological polar surface area (TPSA) is 58.3 Å². The zero-order chi connectivity index (χ0) is 14.4. The summed E-state index contributed by atoms with van der Waals surface area (Å²) in [6, 6.07) is 11.4. The van der Waals surface area contributed by atoms with Gasteiger partial charge >= 0.3 is 0 Å². The molecule has 1 saturated carbocycles. The van der Waals surface area contributed by atoms with Gasteiger partial charge in [-0.1, -0.05) is 43.7 Å². The summed E-state index contributed by atoms with van der Waals surface area (Å²) >= 11 is 0. The smallest absolute Gasteiger partial charge is 0.0474 e. The lowest BCUT2D eigenvalue weighted by Gasteiger charge is -2.27. The molecule has 4 atom stereocenters. The molecule has 0 bridgehead atoms. The quantitative estimate of drug-likeness (QED) is 0.716. The van der Waals surface area contributed by atoms with Gasteiger partial charge in [-0.25, -0.2) is 0 Å². The van der Waals surface area contributed by atoms with Crippen molar-refractivity contribution in [3.8, 4) is 0 Å². The molecule has 0 amide bonds. The van der Waals surface area contributed by atoms with E-state index in [9.17, 15) is 5.11 Å². The van der Waals surface area contributed by atoms with Crippen LogP contribution < -0.4 is 11.1 Å². The van der Waals surface area contributed by atoms with E-state index in [1.807, 2.05) is 0 Å². The lowest BCUT2D eigenvalue weighted by Crippen LogP contribution is -2.45. The molecule has 3 nitrogen and oxygen atoms in total. The van der Waals surface area contributed by atoms with Crippen LogP contribution in [0.3, 0.4) is 0 Å². The summed E-state index contributed by atoms with van der Waals surface area (Å²) in [7, 11) is 0. The van der Waals surface area contributed by atoms with Crippen LogP contribution in [0.4, 0.5) is 0 Å². The first kappa shape index (κ1) is 15.5.